The minimum atomic E-state index is -1.42. The zero-order valence-corrected chi connectivity index (χ0v) is 17.4. The average Bonchev–Trinajstić information content (AvgIpc) is 2.78. The van der Waals surface area contributed by atoms with Gasteiger partial charge in [0, 0.05) is 19.6 Å². The van der Waals surface area contributed by atoms with Gasteiger partial charge in [-0.05, 0) is 11.1 Å². The molecule has 2 aromatic carbocycles. The van der Waals surface area contributed by atoms with E-state index in [1.807, 2.05) is 65.6 Å². The van der Waals surface area contributed by atoms with Crippen LogP contribution in [0.1, 0.15) is 11.1 Å². The van der Waals surface area contributed by atoms with Gasteiger partial charge in [0.15, 0.2) is 5.92 Å². The summed E-state index contributed by atoms with van der Waals surface area (Å²) in [5.74, 6) is -4.85. The molecule has 0 aliphatic rings. The Hall–Kier alpha value is -3.19. The molecule has 0 bridgehead atoms. The molecule has 0 aliphatic carbocycles. The predicted octanol–water partition coefficient (Wildman–Crippen LogP) is 2.44. The maximum atomic E-state index is 12.6. The Kier molecular flexibility index (Phi) is 9.03. The molecule has 0 aliphatic heterocycles. The summed E-state index contributed by atoms with van der Waals surface area (Å²) >= 11 is 0. The van der Waals surface area contributed by atoms with Gasteiger partial charge in [-0.15, -0.1) is 0 Å². The molecule has 0 N–H and O–H groups in total. The second-order valence-electron chi connectivity index (χ2n) is 6.79. The van der Waals surface area contributed by atoms with Gasteiger partial charge in [-0.25, -0.2) is 0 Å². The molecule has 2 rings (SSSR count). The summed E-state index contributed by atoms with van der Waals surface area (Å²) in [7, 11) is 3.55. The van der Waals surface area contributed by atoms with Crippen molar-refractivity contribution in [2.24, 2.45) is 11.8 Å². The summed E-state index contributed by atoms with van der Waals surface area (Å²) in [6.07, 6.45) is 0. The van der Waals surface area contributed by atoms with E-state index in [4.69, 9.17) is 14.2 Å². The van der Waals surface area contributed by atoms with Gasteiger partial charge in [-0.3, -0.25) is 19.3 Å². The lowest BCUT2D eigenvalue weighted by Gasteiger charge is -2.29. The molecule has 0 unspecified atom stereocenters. The van der Waals surface area contributed by atoms with Gasteiger partial charge in [-0.2, -0.15) is 0 Å². The number of hydrogen-bond acceptors (Lipinski definition) is 7. The SMILES string of the molecule is COC(=O)C(C(=O)OC)[C@@H](CN(Cc1ccccc1)Cc1ccccc1)C(=O)OC. The summed E-state index contributed by atoms with van der Waals surface area (Å²) < 4.78 is 14.4. The van der Waals surface area contributed by atoms with Crippen LogP contribution in [0, 0.1) is 11.8 Å². The molecule has 2 aromatic rings. The maximum absolute atomic E-state index is 12.6. The molecular weight excluding hydrogens is 386 g/mol. The van der Waals surface area contributed by atoms with E-state index in [1.54, 1.807) is 0 Å². The molecular formula is C23H27NO6. The van der Waals surface area contributed by atoms with Crippen molar-refractivity contribution in [3.8, 4) is 0 Å². The van der Waals surface area contributed by atoms with Crippen molar-refractivity contribution in [1.29, 1.82) is 0 Å². The van der Waals surface area contributed by atoms with Crippen LogP contribution in [0.4, 0.5) is 0 Å². The molecule has 0 spiro atoms. The van der Waals surface area contributed by atoms with Crippen LogP contribution in [0.5, 0.6) is 0 Å². The molecule has 0 saturated carbocycles. The van der Waals surface area contributed by atoms with Crippen LogP contribution in [0.15, 0.2) is 60.7 Å². The molecule has 0 aromatic heterocycles. The Morgan fingerprint density at radius 3 is 1.47 bits per heavy atom. The highest BCUT2D eigenvalue weighted by molar-refractivity contribution is 5.99. The van der Waals surface area contributed by atoms with E-state index in [2.05, 4.69) is 0 Å². The van der Waals surface area contributed by atoms with Crippen LogP contribution in [0.3, 0.4) is 0 Å². The fraction of sp³-hybridized carbons (Fsp3) is 0.348. The smallest absolute Gasteiger partial charge is 0.321 e. The lowest BCUT2D eigenvalue weighted by molar-refractivity contribution is -0.169. The average molecular weight is 413 g/mol. The zero-order valence-electron chi connectivity index (χ0n) is 17.4. The van der Waals surface area contributed by atoms with Gasteiger partial charge >= 0.3 is 17.9 Å². The van der Waals surface area contributed by atoms with E-state index in [9.17, 15) is 14.4 Å². The lowest BCUT2D eigenvalue weighted by atomic mass is 9.91. The van der Waals surface area contributed by atoms with Crippen molar-refractivity contribution < 1.29 is 28.6 Å². The Labute approximate surface area is 176 Å². The van der Waals surface area contributed by atoms with Gasteiger partial charge in [0.2, 0.25) is 0 Å². The molecule has 160 valence electrons. The number of carbonyl (C=O) groups excluding carboxylic acids is 3. The highest BCUT2D eigenvalue weighted by Crippen LogP contribution is 2.22. The Morgan fingerprint density at radius 2 is 1.10 bits per heavy atom. The standard InChI is InChI=1S/C23H27NO6/c1-28-21(25)19(20(22(26)29-2)23(27)30-3)16-24(14-17-10-6-4-7-11-17)15-18-12-8-5-9-13-18/h4-13,19-20H,14-16H2,1-3H3/t19-/m1/s1. The first-order chi connectivity index (χ1) is 14.5. The lowest BCUT2D eigenvalue weighted by Crippen LogP contribution is -2.44. The van der Waals surface area contributed by atoms with E-state index in [0.717, 1.165) is 25.3 Å². The number of esters is 3. The number of carbonyl (C=O) groups is 3. The number of methoxy groups -OCH3 is 3. The largest absolute Gasteiger partial charge is 0.469 e. The highest BCUT2D eigenvalue weighted by atomic mass is 16.5. The number of nitrogens with zero attached hydrogens (tertiary/aromatic N) is 1. The van der Waals surface area contributed by atoms with E-state index in [1.165, 1.54) is 7.11 Å². The monoisotopic (exact) mass is 413 g/mol. The van der Waals surface area contributed by atoms with Crippen LogP contribution in [0.2, 0.25) is 0 Å². The summed E-state index contributed by atoms with van der Waals surface area (Å²) in [4.78, 5) is 39.2. The first-order valence-electron chi connectivity index (χ1n) is 9.53. The molecule has 1 atom stereocenters. The summed E-state index contributed by atoms with van der Waals surface area (Å²) in [6.45, 7) is 1.13. The fourth-order valence-electron chi connectivity index (χ4n) is 3.29. The normalized spacial score (nSPS) is 11.8. The predicted molar refractivity (Wildman–Crippen MR) is 110 cm³/mol. The summed E-state index contributed by atoms with van der Waals surface area (Å²) in [5, 5.41) is 0. The van der Waals surface area contributed by atoms with E-state index >= 15 is 0 Å². The van der Waals surface area contributed by atoms with Gasteiger partial charge < -0.3 is 14.2 Å². The van der Waals surface area contributed by atoms with Crippen LogP contribution < -0.4 is 0 Å². The molecule has 0 saturated heterocycles. The maximum Gasteiger partial charge on any atom is 0.321 e. The van der Waals surface area contributed by atoms with Gasteiger partial charge in [0.05, 0.1) is 27.2 Å². The molecule has 7 nitrogen and oxygen atoms in total. The van der Waals surface area contributed by atoms with Crippen molar-refractivity contribution in [1.82, 2.24) is 4.90 Å². The fourth-order valence-corrected chi connectivity index (χ4v) is 3.29. The third kappa shape index (κ3) is 6.42. The van der Waals surface area contributed by atoms with Crippen molar-refractivity contribution in [2.75, 3.05) is 27.9 Å². The van der Waals surface area contributed by atoms with Crippen molar-refractivity contribution in [3.05, 3.63) is 71.8 Å². The number of rotatable bonds is 10. The van der Waals surface area contributed by atoms with Crippen LogP contribution in [-0.2, 0) is 41.7 Å². The molecule has 0 amide bonds. The quantitative estimate of drug-likeness (QED) is 0.336. The molecule has 30 heavy (non-hydrogen) atoms. The van der Waals surface area contributed by atoms with E-state index < -0.39 is 29.7 Å². The van der Waals surface area contributed by atoms with Crippen molar-refractivity contribution >= 4 is 17.9 Å². The zero-order chi connectivity index (χ0) is 21.9. The van der Waals surface area contributed by atoms with Crippen molar-refractivity contribution in [2.45, 2.75) is 13.1 Å². The summed E-state index contributed by atoms with van der Waals surface area (Å²) in [5.41, 5.74) is 2.06. The van der Waals surface area contributed by atoms with Gasteiger partial charge in [-0.1, -0.05) is 60.7 Å². The Bertz CT molecular complexity index is 767. The minimum Gasteiger partial charge on any atom is -0.469 e. The Balaban J connectivity index is 2.35. The minimum absolute atomic E-state index is 0.103. The molecule has 0 heterocycles. The highest BCUT2D eigenvalue weighted by Gasteiger charge is 2.42. The second kappa shape index (κ2) is 11.7. The van der Waals surface area contributed by atoms with Crippen LogP contribution in [-0.4, -0.2) is 50.7 Å². The van der Waals surface area contributed by atoms with Gasteiger partial charge in [0.1, 0.15) is 0 Å². The third-order valence-corrected chi connectivity index (χ3v) is 4.77. The van der Waals surface area contributed by atoms with E-state index in [-0.39, 0.29) is 6.54 Å². The first kappa shape index (κ1) is 23.1. The number of ether oxygens (including phenoxy) is 3. The van der Waals surface area contributed by atoms with Crippen molar-refractivity contribution in [3.63, 3.8) is 0 Å². The Morgan fingerprint density at radius 1 is 0.700 bits per heavy atom. The molecule has 0 radical (unpaired) electrons. The van der Waals surface area contributed by atoms with Gasteiger partial charge in [0.25, 0.3) is 0 Å². The first-order valence-corrected chi connectivity index (χ1v) is 9.53. The molecule has 0 fully saturated rings. The van der Waals surface area contributed by atoms with Crippen LogP contribution in [0.25, 0.3) is 0 Å². The second-order valence-corrected chi connectivity index (χ2v) is 6.79. The van der Waals surface area contributed by atoms with E-state index in [0.29, 0.717) is 13.1 Å². The third-order valence-electron chi connectivity index (χ3n) is 4.77. The summed E-state index contributed by atoms with van der Waals surface area (Å²) in [6, 6.07) is 19.5. The molecule has 7 heteroatoms. The number of benzene rings is 2. The topological polar surface area (TPSA) is 82.1 Å². The van der Waals surface area contributed by atoms with Crippen LogP contribution >= 0.6 is 0 Å². The number of hydrogen-bond donors (Lipinski definition) is 0.